The fourth-order valence-corrected chi connectivity index (χ4v) is 3.09. The Kier molecular flexibility index (Phi) is 8.26. The molecule has 0 radical (unpaired) electrons. The number of rotatable bonds is 8. The van der Waals surface area contributed by atoms with Crippen molar-refractivity contribution < 1.29 is 21.2 Å². The highest BCUT2D eigenvalue weighted by molar-refractivity contribution is 7.92. The molecule has 0 saturated heterocycles. The van der Waals surface area contributed by atoms with Gasteiger partial charge >= 0.3 is 0 Å². The lowest BCUT2D eigenvalue weighted by molar-refractivity contribution is 0.574. The van der Waals surface area contributed by atoms with E-state index in [2.05, 4.69) is 10.0 Å². The Balaban J connectivity index is 0.00000441. The molecule has 0 spiro atoms. The molecule has 1 aromatic rings. The first-order chi connectivity index (χ1) is 9.65. The van der Waals surface area contributed by atoms with E-state index in [1.54, 1.807) is 0 Å². The average molecular weight is 376 g/mol. The van der Waals surface area contributed by atoms with Gasteiger partial charge in [-0.05, 0) is 24.7 Å². The van der Waals surface area contributed by atoms with Gasteiger partial charge in [-0.3, -0.25) is 4.72 Å². The quantitative estimate of drug-likeness (QED) is 0.574. The SMILES string of the molecule is CCNCCNS(=O)(=O)c1ccc(NS(C)(=O)=O)c(F)c1.Cl. The van der Waals surface area contributed by atoms with Crippen molar-refractivity contribution in [1.82, 2.24) is 10.0 Å². The van der Waals surface area contributed by atoms with Crippen LogP contribution in [0.4, 0.5) is 10.1 Å². The zero-order valence-corrected chi connectivity index (χ0v) is 14.5. The number of likely N-dealkylation sites (N-methyl/N-ethyl adjacent to an activating group) is 1. The van der Waals surface area contributed by atoms with Crippen molar-refractivity contribution in [3.63, 3.8) is 0 Å². The lowest BCUT2D eigenvalue weighted by Gasteiger charge is -2.09. The zero-order chi connectivity index (χ0) is 16.1. The second kappa shape index (κ2) is 8.63. The van der Waals surface area contributed by atoms with E-state index in [-0.39, 0.29) is 29.5 Å². The number of hydrogen-bond acceptors (Lipinski definition) is 5. The van der Waals surface area contributed by atoms with Crippen LogP contribution in [0.1, 0.15) is 6.92 Å². The van der Waals surface area contributed by atoms with Gasteiger partial charge in [-0.2, -0.15) is 0 Å². The van der Waals surface area contributed by atoms with Gasteiger partial charge in [0.2, 0.25) is 20.0 Å². The summed E-state index contributed by atoms with van der Waals surface area (Å²) in [7, 11) is -7.46. The summed E-state index contributed by atoms with van der Waals surface area (Å²) in [4.78, 5) is -0.268. The Labute approximate surface area is 136 Å². The van der Waals surface area contributed by atoms with E-state index >= 15 is 0 Å². The molecule has 0 aliphatic heterocycles. The number of nitrogens with one attached hydrogen (secondary N) is 3. The molecule has 0 amide bonds. The highest BCUT2D eigenvalue weighted by Crippen LogP contribution is 2.19. The number of benzene rings is 1. The highest BCUT2D eigenvalue weighted by atomic mass is 35.5. The molecule has 22 heavy (non-hydrogen) atoms. The predicted octanol–water partition coefficient (Wildman–Crippen LogP) is 0.507. The summed E-state index contributed by atoms with van der Waals surface area (Å²) in [6.07, 6.45) is 0.874. The molecule has 0 aliphatic carbocycles. The van der Waals surface area contributed by atoms with E-state index in [1.807, 2.05) is 11.6 Å². The van der Waals surface area contributed by atoms with Crippen LogP contribution in [-0.2, 0) is 20.0 Å². The maximum absolute atomic E-state index is 13.7. The summed E-state index contributed by atoms with van der Waals surface area (Å²) in [5.41, 5.74) is -0.302. The molecule has 0 aliphatic rings. The highest BCUT2D eigenvalue weighted by Gasteiger charge is 2.16. The monoisotopic (exact) mass is 375 g/mol. The number of anilines is 1. The minimum absolute atomic E-state index is 0. The van der Waals surface area contributed by atoms with E-state index in [9.17, 15) is 21.2 Å². The molecule has 0 heterocycles. The van der Waals surface area contributed by atoms with E-state index in [1.165, 1.54) is 0 Å². The largest absolute Gasteiger partial charge is 0.316 e. The number of halogens is 2. The third kappa shape index (κ3) is 6.88. The first-order valence-electron chi connectivity index (χ1n) is 6.13. The molecule has 0 atom stereocenters. The molecule has 0 saturated carbocycles. The van der Waals surface area contributed by atoms with Crippen molar-refractivity contribution in [3.8, 4) is 0 Å². The first-order valence-corrected chi connectivity index (χ1v) is 9.51. The van der Waals surface area contributed by atoms with E-state index in [0.717, 1.165) is 24.5 Å². The maximum Gasteiger partial charge on any atom is 0.240 e. The van der Waals surface area contributed by atoms with Gasteiger partial charge in [-0.15, -0.1) is 12.4 Å². The van der Waals surface area contributed by atoms with Crippen molar-refractivity contribution in [2.75, 3.05) is 30.6 Å². The molecular weight excluding hydrogens is 357 g/mol. The Morgan fingerprint density at radius 2 is 1.77 bits per heavy atom. The lowest BCUT2D eigenvalue weighted by Crippen LogP contribution is -2.31. The Morgan fingerprint density at radius 3 is 2.27 bits per heavy atom. The summed E-state index contributed by atoms with van der Waals surface area (Å²) in [5, 5.41) is 2.94. The third-order valence-electron chi connectivity index (χ3n) is 2.39. The fourth-order valence-electron chi connectivity index (χ4n) is 1.48. The summed E-state index contributed by atoms with van der Waals surface area (Å²) in [6.45, 7) is 3.21. The minimum Gasteiger partial charge on any atom is -0.316 e. The molecule has 0 aromatic heterocycles. The smallest absolute Gasteiger partial charge is 0.240 e. The maximum atomic E-state index is 13.7. The first kappa shape index (κ1) is 21.1. The molecule has 7 nitrogen and oxygen atoms in total. The zero-order valence-electron chi connectivity index (χ0n) is 12.1. The topological polar surface area (TPSA) is 104 Å². The van der Waals surface area contributed by atoms with Crippen LogP contribution in [0.25, 0.3) is 0 Å². The molecule has 0 fully saturated rings. The van der Waals surface area contributed by atoms with Gasteiger partial charge < -0.3 is 5.32 Å². The van der Waals surface area contributed by atoms with Crippen LogP contribution in [0.2, 0.25) is 0 Å². The van der Waals surface area contributed by atoms with Crippen molar-refractivity contribution in [3.05, 3.63) is 24.0 Å². The second-order valence-electron chi connectivity index (χ2n) is 4.27. The van der Waals surface area contributed by atoms with Crippen LogP contribution in [0.15, 0.2) is 23.1 Å². The van der Waals surface area contributed by atoms with Gasteiger partial charge in [0.05, 0.1) is 16.8 Å². The third-order valence-corrected chi connectivity index (χ3v) is 4.44. The molecule has 11 heteroatoms. The van der Waals surface area contributed by atoms with Crippen LogP contribution in [-0.4, -0.2) is 42.7 Å². The van der Waals surface area contributed by atoms with E-state index in [4.69, 9.17) is 0 Å². The van der Waals surface area contributed by atoms with Gasteiger partial charge in [-0.25, -0.2) is 25.9 Å². The fraction of sp³-hybridized carbons (Fsp3) is 0.455. The predicted molar refractivity (Wildman–Crippen MR) is 85.8 cm³/mol. The molecule has 3 N–H and O–H groups in total. The molecule has 128 valence electrons. The van der Waals surface area contributed by atoms with E-state index in [0.29, 0.717) is 13.1 Å². The van der Waals surface area contributed by atoms with Crippen LogP contribution in [0, 0.1) is 5.82 Å². The van der Waals surface area contributed by atoms with Crippen molar-refractivity contribution in [2.45, 2.75) is 11.8 Å². The molecule has 0 unspecified atom stereocenters. The Morgan fingerprint density at radius 1 is 1.14 bits per heavy atom. The molecule has 1 rings (SSSR count). The van der Waals surface area contributed by atoms with Crippen LogP contribution < -0.4 is 14.8 Å². The molecular formula is C11H19ClFN3O4S2. The number of hydrogen-bond donors (Lipinski definition) is 3. The van der Waals surface area contributed by atoms with Gasteiger partial charge in [0.25, 0.3) is 0 Å². The summed E-state index contributed by atoms with van der Waals surface area (Å²) in [5.74, 6) is -0.963. The van der Waals surface area contributed by atoms with Crippen molar-refractivity contribution in [2.24, 2.45) is 0 Å². The van der Waals surface area contributed by atoms with Crippen LogP contribution in [0.5, 0.6) is 0 Å². The van der Waals surface area contributed by atoms with Crippen molar-refractivity contribution in [1.29, 1.82) is 0 Å². The Bertz CT molecular complexity index is 695. The molecule has 1 aromatic carbocycles. The van der Waals surface area contributed by atoms with Gasteiger partial charge in [0, 0.05) is 13.1 Å². The van der Waals surface area contributed by atoms with Crippen LogP contribution >= 0.6 is 12.4 Å². The Hall–Kier alpha value is -0.940. The van der Waals surface area contributed by atoms with Gasteiger partial charge in [0.15, 0.2) is 0 Å². The summed E-state index contributed by atoms with van der Waals surface area (Å²) >= 11 is 0. The van der Waals surface area contributed by atoms with Gasteiger partial charge in [0.1, 0.15) is 5.82 Å². The second-order valence-corrected chi connectivity index (χ2v) is 7.78. The summed E-state index contributed by atoms with van der Waals surface area (Å²) in [6, 6.07) is 2.96. The minimum atomic E-state index is -3.83. The molecule has 0 bridgehead atoms. The standard InChI is InChI=1S/C11H18FN3O4S2.ClH/c1-3-13-6-7-14-21(18,19)9-4-5-11(10(12)8-9)15-20(2,16)17;/h4-5,8,13-15H,3,6-7H2,1-2H3;1H. The van der Waals surface area contributed by atoms with Crippen molar-refractivity contribution >= 4 is 38.1 Å². The number of sulfonamides is 2. The van der Waals surface area contributed by atoms with Crippen LogP contribution in [0.3, 0.4) is 0 Å². The lowest BCUT2D eigenvalue weighted by atomic mass is 10.3. The normalized spacial score (nSPS) is 11.8. The van der Waals surface area contributed by atoms with E-state index < -0.39 is 25.9 Å². The average Bonchev–Trinajstić information content (AvgIpc) is 2.35. The summed E-state index contributed by atoms with van der Waals surface area (Å²) < 4.78 is 63.8. The van der Waals surface area contributed by atoms with Gasteiger partial charge in [-0.1, -0.05) is 6.92 Å².